The number of aromatic nitrogens is 2. The number of carbonyl (C=O) groups is 2. The Labute approximate surface area is 185 Å². The first-order valence-corrected chi connectivity index (χ1v) is 10.1. The molecule has 0 saturated heterocycles. The van der Waals surface area contributed by atoms with Gasteiger partial charge in [0.15, 0.2) is 5.13 Å². The fourth-order valence-corrected chi connectivity index (χ4v) is 3.65. The highest BCUT2D eigenvalue weighted by atomic mass is 32.1. The average molecular weight is 451 g/mol. The summed E-state index contributed by atoms with van der Waals surface area (Å²) in [4.78, 5) is 32.9. The van der Waals surface area contributed by atoms with Gasteiger partial charge in [-0.1, -0.05) is 35.6 Å². The number of halogens is 2. The molecular formula is C22H15F2N5O2S. The predicted octanol–water partition coefficient (Wildman–Crippen LogP) is 4.63. The number of ketones is 1. The van der Waals surface area contributed by atoms with Crippen LogP contribution in [0.25, 0.3) is 0 Å². The Morgan fingerprint density at radius 3 is 2.31 bits per heavy atom. The molecule has 2 aromatic carbocycles. The quantitative estimate of drug-likeness (QED) is 0.369. The van der Waals surface area contributed by atoms with Crippen molar-refractivity contribution in [2.75, 3.05) is 16.4 Å². The number of nitrogen functional groups attached to an aromatic ring is 1. The summed E-state index contributed by atoms with van der Waals surface area (Å²) in [5.74, 6) is -3.01. The molecule has 10 heteroatoms. The molecule has 2 aromatic heterocycles. The number of anilines is 4. The molecule has 7 nitrogen and oxygen atoms in total. The summed E-state index contributed by atoms with van der Waals surface area (Å²) in [6.45, 7) is 0. The molecule has 0 aliphatic rings. The zero-order valence-electron chi connectivity index (χ0n) is 16.3. The molecule has 0 saturated carbocycles. The molecular weight excluding hydrogens is 436 g/mol. The lowest BCUT2D eigenvalue weighted by atomic mass is 10.1. The van der Waals surface area contributed by atoms with E-state index in [4.69, 9.17) is 5.73 Å². The Balaban J connectivity index is 1.48. The number of hydrogen-bond donors (Lipinski definition) is 3. The van der Waals surface area contributed by atoms with Gasteiger partial charge in [0, 0.05) is 11.9 Å². The van der Waals surface area contributed by atoms with Crippen molar-refractivity contribution in [3.63, 3.8) is 0 Å². The molecule has 0 spiro atoms. The largest absolute Gasteiger partial charge is 0.382 e. The zero-order chi connectivity index (χ0) is 22.7. The van der Waals surface area contributed by atoms with Crippen molar-refractivity contribution in [2.24, 2.45) is 0 Å². The number of amides is 1. The van der Waals surface area contributed by atoms with Crippen molar-refractivity contribution >= 4 is 45.5 Å². The highest BCUT2D eigenvalue weighted by molar-refractivity contribution is 7.18. The Hall–Kier alpha value is -4.18. The molecule has 4 aromatic rings. The average Bonchev–Trinajstić information content (AvgIpc) is 3.14. The molecule has 0 bridgehead atoms. The van der Waals surface area contributed by atoms with Crippen molar-refractivity contribution < 1.29 is 18.4 Å². The van der Waals surface area contributed by atoms with E-state index < -0.39 is 23.0 Å². The second kappa shape index (κ2) is 8.90. The van der Waals surface area contributed by atoms with E-state index in [0.717, 1.165) is 23.5 Å². The van der Waals surface area contributed by atoms with E-state index in [1.54, 1.807) is 36.4 Å². The number of pyridine rings is 1. The maximum absolute atomic E-state index is 13.9. The van der Waals surface area contributed by atoms with Gasteiger partial charge in [-0.2, -0.15) is 0 Å². The number of thiazole rings is 1. The van der Waals surface area contributed by atoms with E-state index in [-0.39, 0.29) is 21.7 Å². The first-order chi connectivity index (χ1) is 15.4. The van der Waals surface area contributed by atoms with E-state index in [2.05, 4.69) is 20.6 Å². The summed E-state index contributed by atoms with van der Waals surface area (Å²) in [7, 11) is 0. The van der Waals surface area contributed by atoms with Crippen molar-refractivity contribution in [1.29, 1.82) is 0 Å². The van der Waals surface area contributed by atoms with Gasteiger partial charge in [0.2, 0.25) is 5.78 Å². The number of nitrogens with zero attached hydrogens (tertiary/aromatic N) is 2. The molecule has 0 unspecified atom stereocenters. The number of carbonyl (C=O) groups excluding carboxylic acids is 2. The summed E-state index contributed by atoms with van der Waals surface area (Å²) in [5.41, 5.74) is 6.09. The standard InChI is InChI=1S/C22H15F2N5O2S/c23-14-7-4-8-15(24)17(14)18(30)19-20(25)29-22(32-19)28-16-10-9-12(11-26-16)21(31)27-13-5-2-1-3-6-13/h1-11H,25H2,(H,27,31)(H,26,28,29). The maximum atomic E-state index is 13.9. The number of nitrogens with one attached hydrogen (secondary N) is 2. The van der Waals surface area contributed by atoms with Crippen LogP contribution in [0.4, 0.5) is 31.2 Å². The first-order valence-electron chi connectivity index (χ1n) is 9.27. The second-order valence-corrected chi connectivity index (χ2v) is 7.54. The molecule has 0 fully saturated rings. The van der Waals surface area contributed by atoms with E-state index in [1.165, 1.54) is 12.3 Å². The Morgan fingerprint density at radius 2 is 1.66 bits per heavy atom. The van der Waals surface area contributed by atoms with Crippen LogP contribution >= 0.6 is 11.3 Å². The monoisotopic (exact) mass is 451 g/mol. The molecule has 0 atom stereocenters. The summed E-state index contributed by atoms with van der Waals surface area (Å²) in [6.07, 6.45) is 1.37. The third kappa shape index (κ3) is 4.44. The normalized spacial score (nSPS) is 10.6. The molecule has 32 heavy (non-hydrogen) atoms. The molecule has 0 aliphatic carbocycles. The second-order valence-electron chi connectivity index (χ2n) is 6.54. The van der Waals surface area contributed by atoms with Gasteiger partial charge in [0.05, 0.1) is 11.1 Å². The fourth-order valence-electron chi connectivity index (χ4n) is 2.81. The summed E-state index contributed by atoms with van der Waals surface area (Å²) in [5, 5.41) is 5.82. The van der Waals surface area contributed by atoms with Gasteiger partial charge in [0.25, 0.3) is 5.91 Å². The van der Waals surface area contributed by atoms with Gasteiger partial charge in [0.1, 0.15) is 28.1 Å². The summed E-state index contributed by atoms with van der Waals surface area (Å²) in [6, 6.07) is 15.2. The van der Waals surface area contributed by atoms with Crippen molar-refractivity contribution in [3.8, 4) is 0 Å². The minimum Gasteiger partial charge on any atom is -0.382 e. The van der Waals surface area contributed by atoms with Crippen LogP contribution < -0.4 is 16.4 Å². The Bertz CT molecular complexity index is 1270. The highest BCUT2D eigenvalue weighted by Gasteiger charge is 2.24. The van der Waals surface area contributed by atoms with E-state index in [0.29, 0.717) is 17.1 Å². The zero-order valence-corrected chi connectivity index (χ0v) is 17.1. The van der Waals surface area contributed by atoms with Crippen molar-refractivity contribution in [2.45, 2.75) is 0 Å². The van der Waals surface area contributed by atoms with Gasteiger partial charge in [-0.25, -0.2) is 18.7 Å². The first kappa shape index (κ1) is 21.1. The number of rotatable bonds is 6. The Morgan fingerprint density at radius 1 is 0.938 bits per heavy atom. The Kier molecular flexibility index (Phi) is 5.86. The summed E-state index contributed by atoms with van der Waals surface area (Å²) >= 11 is 0.838. The van der Waals surface area contributed by atoms with E-state index in [1.807, 2.05) is 6.07 Å². The molecule has 2 heterocycles. The maximum Gasteiger partial charge on any atom is 0.257 e. The predicted molar refractivity (Wildman–Crippen MR) is 118 cm³/mol. The van der Waals surface area contributed by atoms with Gasteiger partial charge >= 0.3 is 0 Å². The minimum atomic E-state index is -0.983. The number of hydrogen-bond acceptors (Lipinski definition) is 7. The smallest absolute Gasteiger partial charge is 0.257 e. The molecule has 0 aliphatic heterocycles. The molecule has 160 valence electrons. The molecule has 0 radical (unpaired) electrons. The SMILES string of the molecule is Nc1nc(Nc2ccc(C(=O)Nc3ccccc3)cn2)sc1C(=O)c1c(F)cccc1F. The van der Waals surface area contributed by atoms with Crippen LogP contribution in [0.2, 0.25) is 0 Å². The van der Waals surface area contributed by atoms with Crippen LogP contribution in [-0.4, -0.2) is 21.7 Å². The molecule has 4 rings (SSSR count). The third-order valence-electron chi connectivity index (χ3n) is 4.34. The third-order valence-corrected chi connectivity index (χ3v) is 5.33. The van der Waals surface area contributed by atoms with Gasteiger partial charge in [-0.15, -0.1) is 0 Å². The lowest BCUT2D eigenvalue weighted by Crippen LogP contribution is -2.12. The lowest BCUT2D eigenvalue weighted by molar-refractivity contribution is 0.102. The van der Waals surface area contributed by atoms with Gasteiger partial charge in [-0.3, -0.25) is 9.59 Å². The van der Waals surface area contributed by atoms with E-state index in [9.17, 15) is 18.4 Å². The molecule has 1 amide bonds. The number of benzene rings is 2. The highest BCUT2D eigenvalue weighted by Crippen LogP contribution is 2.30. The van der Waals surface area contributed by atoms with Gasteiger partial charge in [-0.05, 0) is 36.4 Å². The lowest BCUT2D eigenvalue weighted by Gasteiger charge is -2.06. The van der Waals surface area contributed by atoms with Crippen molar-refractivity contribution in [3.05, 3.63) is 94.5 Å². The van der Waals surface area contributed by atoms with E-state index >= 15 is 0 Å². The molecule has 4 N–H and O–H groups in total. The number of para-hydroxylation sites is 1. The van der Waals surface area contributed by atoms with Crippen LogP contribution in [-0.2, 0) is 0 Å². The van der Waals surface area contributed by atoms with Crippen LogP contribution in [0.5, 0.6) is 0 Å². The van der Waals surface area contributed by atoms with Crippen LogP contribution in [0.3, 0.4) is 0 Å². The van der Waals surface area contributed by atoms with Crippen LogP contribution in [0.1, 0.15) is 25.6 Å². The van der Waals surface area contributed by atoms with Gasteiger partial charge < -0.3 is 16.4 Å². The van der Waals surface area contributed by atoms with Crippen LogP contribution in [0.15, 0.2) is 66.9 Å². The van der Waals surface area contributed by atoms with Crippen molar-refractivity contribution in [1.82, 2.24) is 9.97 Å². The van der Waals surface area contributed by atoms with Crippen LogP contribution in [0, 0.1) is 11.6 Å². The minimum absolute atomic E-state index is 0.102. The topological polar surface area (TPSA) is 110 Å². The fraction of sp³-hybridized carbons (Fsp3) is 0. The summed E-state index contributed by atoms with van der Waals surface area (Å²) < 4.78 is 27.9. The number of nitrogens with two attached hydrogens (primary N) is 1.